The quantitative estimate of drug-likeness (QED) is 0.869. The Morgan fingerprint density at radius 1 is 1.29 bits per heavy atom. The Balaban J connectivity index is 2.95. The van der Waals surface area contributed by atoms with Crippen LogP contribution in [-0.4, -0.2) is 17.3 Å². The molecule has 0 fully saturated rings. The van der Waals surface area contributed by atoms with Crippen molar-refractivity contribution in [2.45, 2.75) is 46.0 Å². The lowest BCUT2D eigenvalue weighted by Crippen LogP contribution is -2.24. The highest BCUT2D eigenvalue weighted by molar-refractivity contribution is 5.36. The van der Waals surface area contributed by atoms with Crippen molar-refractivity contribution in [1.29, 1.82) is 5.26 Å². The summed E-state index contributed by atoms with van der Waals surface area (Å²) in [6.45, 7) is 7.40. The van der Waals surface area contributed by atoms with Crippen LogP contribution in [-0.2, 0) is 4.74 Å². The van der Waals surface area contributed by atoms with E-state index in [1.54, 1.807) is 13.8 Å². The van der Waals surface area contributed by atoms with Gasteiger partial charge in [0.15, 0.2) is 6.10 Å². The summed E-state index contributed by atoms with van der Waals surface area (Å²) in [7, 11) is 0. The third-order valence-corrected chi connectivity index (χ3v) is 3.08. The summed E-state index contributed by atoms with van der Waals surface area (Å²) in [5.74, 6) is 0. The molecule has 3 unspecified atom stereocenters. The second-order valence-electron chi connectivity index (χ2n) is 4.38. The molecule has 1 aromatic carbocycles. The molecule has 0 aliphatic rings. The second-order valence-corrected chi connectivity index (χ2v) is 4.38. The van der Waals surface area contributed by atoms with Crippen molar-refractivity contribution in [2.75, 3.05) is 0 Å². The van der Waals surface area contributed by atoms with Gasteiger partial charge in [-0.15, -0.1) is 0 Å². The first kappa shape index (κ1) is 13.7. The van der Waals surface area contributed by atoms with Gasteiger partial charge in [-0.3, -0.25) is 0 Å². The molecular formula is C14H19NO2. The van der Waals surface area contributed by atoms with Crippen LogP contribution in [0.25, 0.3) is 0 Å². The Morgan fingerprint density at radius 3 is 2.47 bits per heavy atom. The average Bonchev–Trinajstić information content (AvgIpc) is 2.29. The third kappa shape index (κ3) is 3.29. The molecule has 3 nitrogen and oxygen atoms in total. The van der Waals surface area contributed by atoms with E-state index in [0.29, 0.717) is 0 Å². The summed E-state index contributed by atoms with van der Waals surface area (Å²) in [6.07, 6.45) is -1.57. The van der Waals surface area contributed by atoms with Crippen LogP contribution in [0, 0.1) is 25.2 Å². The minimum Gasteiger partial charge on any atom is -0.391 e. The molecule has 0 spiro atoms. The number of hydrogen-bond acceptors (Lipinski definition) is 3. The molecule has 3 heteroatoms. The maximum Gasteiger partial charge on any atom is 0.169 e. The van der Waals surface area contributed by atoms with Crippen LogP contribution >= 0.6 is 0 Å². The maximum absolute atomic E-state index is 9.40. The summed E-state index contributed by atoms with van der Waals surface area (Å²) in [6, 6.07) is 7.95. The van der Waals surface area contributed by atoms with Crippen molar-refractivity contribution in [2.24, 2.45) is 0 Å². The number of aryl methyl sites for hydroxylation is 1. The molecule has 92 valence electrons. The number of nitrogens with zero attached hydrogens (tertiary/aromatic N) is 1. The van der Waals surface area contributed by atoms with Crippen molar-refractivity contribution in [3.63, 3.8) is 0 Å². The summed E-state index contributed by atoms with van der Waals surface area (Å²) < 4.78 is 5.57. The van der Waals surface area contributed by atoms with Gasteiger partial charge in [0.2, 0.25) is 0 Å². The van der Waals surface area contributed by atoms with E-state index in [1.807, 2.05) is 32.0 Å². The fourth-order valence-corrected chi connectivity index (χ4v) is 1.56. The molecule has 1 N–H and O–H groups in total. The fourth-order valence-electron chi connectivity index (χ4n) is 1.56. The monoisotopic (exact) mass is 233 g/mol. The summed E-state index contributed by atoms with van der Waals surface area (Å²) in [4.78, 5) is 0. The molecule has 17 heavy (non-hydrogen) atoms. The molecule has 0 aliphatic carbocycles. The SMILES string of the molecule is Cc1cccc(C(C#N)OC(C)C(C)O)c1C. The van der Waals surface area contributed by atoms with Gasteiger partial charge in [-0.25, -0.2) is 0 Å². The molecule has 0 saturated carbocycles. The molecule has 1 rings (SSSR count). The van der Waals surface area contributed by atoms with E-state index < -0.39 is 12.2 Å². The third-order valence-electron chi connectivity index (χ3n) is 3.08. The fraction of sp³-hybridized carbons (Fsp3) is 0.500. The number of ether oxygens (including phenoxy) is 1. The normalized spacial score (nSPS) is 16.0. The summed E-state index contributed by atoms with van der Waals surface area (Å²) in [5.41, 5.74) is 3.08. The highest BCUT2D eigenvalue weighted by Gasteiger charge is 2.19. The number of nitriles is 1. The Kier molecular flexibility index (Phi) is 4.68. The van der Waals surface area contributed by atoms with Gasteiger partial charge < -0.3 is 9.84 Å². The molecule has 0 bridgehead atoms. The van der Waals surface area contributed by atoms with E-state index in [2.05, 4.69) is 6.07 Å². The first-order valence-corrected chi connectivity index (χ1v) is 5.76. The molecule has 1 aromatic rings. The zero-order valence-electron chi connectivity index (χ0n) is 10.8. The van der Waals surface area contributed by atoms with E-state index in [0.717, 1.165) is 16.7 Å². The lowest BCUT2D eigenvalue weighted by atomic mass is 9.99. The first-order valence-electron chi connectivity index (χ1n) is 5.76. The largest absolute Gasteiger partial charge is 0.391 e. The van der Waals surface area contributed by atoms with Gasteiger partial charge in [-0.2, -0.15) is 5.26 Å². The van der Waals surface area contributed by atoms with Crippen molar-refractivity contribution < 1.29 is 9.84 Å². The van der Waals surface area contributed by atoms with Gasteiger partial charge in [0.1, 0.15) is 0 Å². The van der Waals surface area contributed by atoms with Gasteiger partial charge >= 0.3 is 0 Å². The number of benzene rings is 1. The van der Waals surface area contributed by atoms with Crippen LogP contribution < -0.4 is 0 Å². The lowest BCUT2D eigenvalue weighted by molar-refractivity contribution is -0.0427. The zero-order chi connectivity index (χ0) is 13.0. The first-order chi connectivity index (χ1) is 7.97. The number of hydrogen-bond donors (Lipinski definition) is 1. The predicted molar refractivity (Wildman–Crippen MR) is 66.5 cm³/mol. The number of aliphatic hydroxyl groups is 1. The van der Waals surface area contributed by atoms with E-state index in [4.69, 9.17) is 10.00 Å². The maximum atomic E-state index is 9.40. The van der Waals surface area contributed by atoms with Crippen molar-refractivity contribution >= 4 is 0 Å². The second kappa shape index (κ2) is 5.81. The van der Waals surface area contributed by atoms with Crippen LogP contribution in [0.4, 0.5) is 0 Å². The molecule has 0 amide bonds. The van der Waals surface area contributed by atoms with Gasteiger partial charge in [-0.05, 0) is 44.4 Å². The molecule has 0 aromatic heterocycles. The number of aliphatic hydroxyl groups excluding tert-OH is 1. The topological polar surface area (TPSA) is 53.2 Å². The van der Waals surface area contributed by atoms with E-state index >= 15 is 0 Å². The van der Waals surface area contributed by atoms with Crippen LogP contribution in [0.3, 0.4) is 0 Å². The minimum atomic E-state index is -0.625. The van der Waals surface area contributed by atoms with Crippen LogP contribution in [0.1, 0.15) is 36.6 Å². The Hall–Kier alpha value is -1.37. The van der Waals surface area contributed by atoms with Crippen molar-refractivity contribution in [3.8, 4) is 6.07 Å². The van der Waals surface area contributed by atoms with Crippen LogP contribution in [0.2, 0.25) is 0 Å². The van der Waals surface area contributed by atoms with Gasteiger partial charge in [0.05, 0.1) is 18.3 Å². The average molecular weight is 233 g/mol. The highest BCUT2D eigenvalue weighted by Crippen LogP contribution is 2.24. The molecule has 0 saturated heterocycles. The highest BCUT2D eigenvalue weighted by atomic mass is 16.5. The Morgan fingerprint density at radius 2 is 1.94 bits per heavy atom. The number of rotatable bonds is 4. The predicted octanol–water partition coefficient (Wildman–Crippen LogP) is 2.65. The zero-order valence-corrected chi connectivity index (χ0v) is 10.8. The van der Waals surface area contributed by atoms with E-state index in [9.17, 15) is 5.11 Å². The lowest BCUT2D eigenvalue weighted by Gasteiger charge is -2.21. The molecule has 0 radical (unpaired) electrons. The standard InChI is InChI=1S/C14H19NO2/c1-9-6-5-7-13(10(9)2)14(8-15)17-12(4)11(3)16/h5-7,11-12,14,16H,1-4H3. The Labute approximate surface area is 103 Å². The summed E-state index contributed by atoms with van der Waals surface area (Å²) in [5, 5.41) is 18.6. The smallest absolute Gasteiger partial charge is 0.169 e. The van der Waals surface area contributed by atoms with Gasteiger partial charge in [-0.1, -0.05) is 18.2 Å². The van der Waals surface area contributed by atoms with Crippen molar-refractivity contribution in [1.82, 2.24) is 0 Å². The summed E-state index contributed by atoms with van der Waals surface area (Å²) >= 11 is 0. The van der Waals surface area contributed by atoms with E-state index in [-0.39, 0.29) is 6.10 Å². The van der Waals surface area contributed by atoms with Gasteiger partial charge in [0.25, 0.3) is 0 Å². The van der Waals surface area contributed by atoms with Crippen molar-refractivity contribution in [3.05, 3.63) is 34.9 Å². The van der Waals surface area contributed by atoms with Crippen LogP contribution in [0.15, 0.2) is 18.2 Å². The van der Waals surface area contributed by atoms with Gasteiger partial charge in [0, 0.05) is 0 Å². The molecule has 0 aliphatic heterocycles. The molecule has 0 heterocycles. The van der Waals surface area contributed by atoms with Crippen LogP contribution in [0.5, 0.6) is 0 Å². The molecule has 3 atom stereocenters. The minimum absolute atomic E-state index is 0.362. The van der Waals surface area contributed by atoms with E-state index in [1.165, 1.54) is 0 Å². The Bertz CT molecular complexity index is 421. The molecular weight excluding hydrogens is 214 g/mol.